The first-order chi connectivity index (χ1) is 9.67. The van der Waals surface area contributed by atoms with E-state index in [1.54, 1.807) is 13.3 Å². The van der Waals surface area contributed by atoms with Gasteiger partial charge in [-0.05, 0) is 22.4 Å². The van der Waals surface area contributed by atoms with Crippen molar-refractivity contribution in [2.24, 2.45) is 0 Å². The second-order valence-electron chi connectivity index (χ2n) is 4.01. The van der Waals surface area contributed by atoms with Crippen LogP contribution in [0.3, 0.4) is 0 Å². The van der Waals surface area contributed by atoms with Crippen molar-refractivity contribution in [1.29, 1.82) is 0 Å². The molecule has 1 amide bonds. The Hall–Kier alpha value is -1.41. The van der Waals surface area contributed by atoms with Crippen LogP contribution in [0.5, 0.6) is 0 Å². The predicted molar refractivity (Wildman–Crippen MR) is 81.9 cm³/mol. The van der Waals surface area contributed by atoms with Gasteiger partial charge in [0.05, 0.1) is 17.6 Å². The van der Waals surface area contributed by atoms with Crippen molar-refractivity contribution in [2.75, 3.05) is 44.0 Å². The summed E-state index contributed by atoms with van der Waals surface area (Å²) in [5, 5.41) is 8.78. The number of halogens is 1. The molecule has 1 aromatic heterocycles. The maximum Gasteiger partial charge on any atom is 0.239 e. The molecule has 20 heavy (non-hydrogen) atoms. The number of carbonyl (C=O) groups is 1. The third kappa shape index (κ3) is 6.16. The topological polar surface area (TPSA) is 88.2 Å². The Kier molecular flexibility index (Phi) is 7.89. The second-order valence-corrected chi connectivity index (χ2v) is 4.87. The van der Waals surface area contributed by atoms with Crippen molar-refractivity contribution in [3.8, 4) is 0 Å². The van der Waals surface area contributed by atoms with Gasteiger partial charge >= 0.3 is 0 Å². The number of nitrogens with zero attached hydrogens (tertiary/aromatic N) is 2. The van der Waals surface area contributed by atoms with Gasteiger partial charge in [-0.25, -0.2) is 4.98 Å². The Balaban J connectivity index is 2.47. The molecule has 0 atom stereocenters. The van der Waals surface area contributed by atoms with Crippen LogP contribution < -0.4 is 16.0 Å². The molecule has 0 aromatic carbocycles. The number of hydrogen-bond acceptors (Lipinski definition) is 6. The third-order valence-electron chi connectivity index (χ3n) is 2.32. The van der Waals surface area contributed by atoms with Crippen LogP contribution in [0.1, 0.15) is 13.3 Å². The van der Waals surface area contributed by atoms with Crippen LogP contribution in [-0.2, 0) is 9.53 Å². The van der Waals surface area contributed by atoms with Crippen LogP contribution in [0, 0.1) is 0 Å². The zero-order valence-electron chi connectivity index (χ0n) is 11.7. The van der Waals surface area contributed by atoms with Gasteiger partial charge in [0.25, 0.3) is 0 Å². The smallest absolute Gasteiger partial charge is 0.239 e. The molecule has 0 unspecified atom stereocenters. The lowest BCUT2D eigenvalue weighted by Gasteiger charge is -2.10. The highest BCUT2D eigenvalue weighted by molar-refractivity contribution is 9.10. The number of nitrogens with one attached hydrogen (secondary N) is 3. The predicted octanol–water partition coefficient (Wildman–Crippen LogP) is 1.24. The zero-order valence-corrected chi connectivity index (χ0v) is 13.3. The van der Waals surface area contributed by atoms with Gasteiger partial charge in [0.2, 0.25) is 11.9 Å². The van der Waals surface area contributed by atoms with Gasteiger partial charge in [0.1, 0.15) is 5.82 Å². The highest BCUT2D eigenvalue weighted by Crippen LogP contribution is 2.19. The summed E-state index contributed by atoms with van der Waals surface area (Å²) in [6, 6.07) is 0. The van der Waals surface area contributed by atoms with E-state index in [0.29, 0.717) is 29.4 Å². The van der Waals surface area contributed by atoms with E-state index in [1.165, 1.54) is 0 Å². The third-order valence-corrected chi connectivity index (χ3v) is 2.90. The summed E-state index contributed by atoms with van der Waals surface area (Å²) in [5.41, 5.74) is 0. The summed E-state index contributed by atoms with van der Waals surface area (Å²) in [6.07, 6.45) is 2.64. The Morgan fingerprint density at radius 2 is 2.20 bits per heavy atom. The standard InChI is InChI=1S/C12H20BrN5O2/c1-3-4-15-12-17-7-9(13)11(18-12)16-8-10(19)14-5-6-20-2/h7H,3-6,8H2,1-2H3,(H,14,19)(H2,15,16,17,18). The Bertz CT molecular complexity index is 430. The van der Waals surface area contributed by atoms with E-state index in [-0.39, 0.29) is 12.5 Å². The van der Waals surface area contributed by atoms with Crippen LogP contribution in [0.15, 0.2) is 10.7 Å². The first-order valence-electron chi connectivity index (χ1n) is 6.43. The van der Waals surface area contributed by atoms with Crippen molar-refractivity contribution < 1.29 is 9.53 Å². The highest BCUT2D eigenvalue weighted by Gasteiger charge is 2.06. The molecule has 0 fully saturated rings. The van der Waals surface area contributed by atoms with E-state index in [2.05, 4.69) is 48.8 Å². The molecule has 0 saturated heterocycles. The normalized spacial score (nSPS) is 10.2. The maximum atomic E-state index is 11.6. The van der Waals surface area contributed by atoms with Crippen molar-refractivity contribution in [3.05, 3.63) is 10.7 Å². The Morgan fingerprint density at radius 1 is 1.40 bits per heavy atom. The van der Waals surface area contributed by atoms with E-state index in [9.17, 15) is 4.79 Å². The highest BCUT2D eigenvalue weighted by atomic mass is 79.9. The molecule has 0 aliphatic heterocycles. The van der Waals surface area contributed by atoms with Crippen molar-refractivity contribution in [3.63, 3.8) is 0 Å². The van der Waals surface area contributed by atoms with Crippen molar-refractivity contribution in [1.82, 2.24) is 15.3 Å². The zero-order chi connectivity index (χ0) is 14.8. The van der Waals surface area contributed by atoms with Gasteiger partial charge in [-0.1, -0.05) is 6.92 Å². The van der Waals surface area contributed by atoms with Gasteiger partial charge < -0.3 is 20.7 Å². The monoisotopic (exact) mass is 345 g/mol. The van der Waals surface area contributed by atoms with Gasteiger partial charge in [0.15, 0.2) is 0 Å². The minimum absolute atomic E-state index is 0.115. The fourth-order valence-corrected chi connectivity index (χ4v) is 1.66. The molecule has 0 bridgehead atoms. The lowest BCUT2D eigenvalue weighted by Crippen LogP contribution is -2.32. The van der Waals surface area contributed by atoms with E-state index < -0.39 is 0 Å². The Labute approximate surface area is 127 Å². The summed E-state index contributed by atoms with van der Waals surface area (Å²) in [7, 11) is 1.59. The summed E-state index contributed by atoms with van der Waals surface area (Å²) >= 11 is 3.35. The summed E-state index contributed by atoms with van der Waals surface area (Å²) < 4.78 is 5.57. The first-order valence-corrected chi connectivity index (χ1v) is 7.22. The van der Waals surface area contributed by atoms with Gasteiger partial charge in [0, 0.05) is 26.4 Å². The van der Waals surface area contributed by atoms with Crippen LogP contribution >= 0.6 is 15.9 Å². The molecule has 1 aromatic rings. The molecule has 0 aliphatic rings. The van der Waals surface area contributed by atoms with Crippen LogP contribution in [-0.4, -0.2) is 49.2 Å². The molecule has 0 radical (unpaired) electrons. The number of hydrogen-bond donors (Lipinski definition) is 3. The number of anilines is 2. The first kappa shape index (κ1) is 16.6. The van der Waals surface area contributed by atoms with Crippen LogP contribution in [0.4, 0.5) is 11.8 Å². The van der Waals surface area contributed by atoms with Gasteiger partial charge in [-0.15, -0.1) is 0 Å². The molecule has 7 nitrogen and oxygen atoms in total. The number of methoxy groups -OCH3 is 1. The molecule has 0 saturated carbocycles. The molecular formula is C12H20BrN5O2. The van der Waals surface area contributed by atoms with Crippen LogP contribution in [0.25, 0.3) is 0 Å². The quantitative estimate of drug-likeness (QED) is 0.583. The van der Waals surface area contributed by atoms with Crippen molar-refractivity contribution in [2.45, 2.75) is 13.3 Å². The van der Waals surface area contributed by atoms with Gasteiger partial charge in [-0.2, -0.15) is 4.98 Å². The van der Waals surface area contributed by atoms with E-state index in [4.69, 9.17) is 4.74 Å². The molecule has 8 heteroatoms. The van der Waals surface area contributed by atoms with Gasteiger partial charge in [-0.3, -0.25) is 4.79 Å². The number of ether oxygens (including phenoxy) is 1. The fraction of sp³-hybridized carbons (Fsp3) is 0.583. The van der Waals surface area contributed by atoms with E-state index in [1.807, 2.05) is 0 Å². The minimum Gasteiger partial charge on any atom is -0.383 e. The average Bonchev–Trinajstić information content (AvgIpc) is 2.45. The molecule has 3 N–H and O–H groups in total. The molecule has 112 valence electrons. The number of aromatic nitrogens is 2. The fourth-order valence-electron chi connectivity index (χ4n) is 1.33. The summed E-state index contributed by atoms with van der Waals surface area (Å²) in [4.78, 5) is 20.0. The van der Waals surface area contributed by atoms with E-state index >= 15 is 0 Å². The minimum atomic E-state index is -0.115. The number of amides is 1. The summed E-state index contributed by atoms with van der Waals surface area (Å²) in [5.74, 6) is 1.01. The van der Waals surface area contributed by atoms with Crippen LogP contribution in [0.2, 0.25) is 0 Å². The average molecular weight is 346 g/mol. The molecule has 0 aliphatic carbocycles. The second kappa shape index (κ2) is 9.49. The van der Waals surface area contributed by atoms with Crippen molar-refractivity contribution >= 4 is 33.6 Å². The Morgan fingerprint density at radius 3 is 2.90 bits per heavy atom. The van der Waals surface area contributed by atoms with E-state index in [0.717, 1.165) is 13.0 Å². The lowest BCUT2D eigenvalue weighted by molar-refractivity contribution is -0.119. The lowest BCUT2D eigenvalue weighted by atomic mass is 10.5. The largest absolute Gasteiger partial charge is 0.383 e. The summed E-state index contributed by atoms with van der Waals surface area (Å²) in [6.45, 7) is 4.00. The molecule has 1 rings (SSSR count). The number of carbonyl (C=O) groups excluding carboxylic acids is 1. The number of rotatable bonds is 9. The molecular weight excluding hydrogens is 326 g/mol. The molecule has 0 spiro atoms. The SMILES string of the molecule is CCCNc1ncc(Br)c(NCC(=O)NCCOC)n1. The molecule has 1 heterocycles. The maximum absolute atomic E-state index is 11.6.